The molecule has 0 N–H and O–H groups in total. The average molecular weight is 237 g/mol. The van der Waals surface area contributed by atoms with E-state index in [-0.39, 0.29) is 0 Å². The third kappa shape index (κ3) is 2.04. The van der Waals surface area contributed by atoms with E-state index >= 15 is 0 Å². The first-order chi connectivity index (χ1) is 7.72. The van der Waals surface area contributed by atoms with E-state index in [1.165, 1.54) is 6.39 Å². The summed E-state index contributed by atoms with van der Waals surface area (Å²) < 4.78 is 5.36. The zero-order chi connectivity index (χ0) is 11.5. The first-order valence-electron chi connectivity index (χ1n) is 4.98. The van der Waals surface area contributed by atoms with Gasteiger partial charge in [-0.2, -0.15) is 0 Å². The van der Waals surface area contributed by atoms with Crippen molar-refractivity contribution < 1.29 is 4.42 Å². The van der Waals surface area contributed by atoms with E-state index in [0.29, 0.717) is 5.88 Å². The van der Waals surface area contributed by atoms with E-state index in [4.69, 9.17) is 16.0 Å². The average Bonchev–Trinajstić information content (AvgIpc) is 2.77. The summed E-state index contributed by atoms with van der Waals surface area (Å²) in [4.78, 5) is 6.12. The van der Waals surface area contributed by atoms with Gasteiger partial charge in [0.05, 0.1) is 5.88 Å². The van der Waals surface area contributed by atoms with E-state index < -0.39 is 0 Å². The first kappa shape index (κ1) is 11.0. The third-order valence-corrected chi connectivity index (χ3v) is 2.65. The molecule has 0 aliphatic carbocycles. The summed E-state index contributed by atoms with van der Waals surface area (Å²) in [5, 5.41) is 0. The molecule has 3 nitrogen and oxygen atoms in total. The van der Waals surface area contributed by atoms with Crippen molar-refractivity contribution in [2.24, 2.45) is 0 Å². The highest BCUT2D eigenvalue weighted by molar-refractivity contribution is 6.17. The molecule has 0 saturated carbocycles. The number of anilines is 1. The Bertz CT molecular complexity index is 479. The van der Waals surface area contributed by atoms with Crippen LogP contribution in [-0.4, -0.2) is 19.1 Å². The Morgan fingerprint density at radius 2 is 2.19 bits per heavy atom. The Hall–Kier alpha value is -1.48. The van der Waals surface area contributed by atoms with Gasteiger partial charge in [0.25, 0.3) is 0 Å². The van der Waals surface area contributed by atoms with Crippen LogP contribution in [0.25, 0.3) is 11.3 Å². The van der Waals surface area contributed by atoms with Gasteiger partial charge >= 0.3 is 0 Å². The van der Waals surface area contributed by atoms with Gasteiger partial charge in [-0.3, -0.25) is 0 Å². The second kappa shape index (κ2) is 4.58. The largest absolute Gasteiger partial charge is 0.443 e. The summed E-state index contributed by atoms with van der Waals surface area (Å²) in [7, 11) is 4.00. The van der Waals surface area contributed by atoms with E-state index in [2.05, 4.69) is 11.1 Å². The number of benzene rings is 1. The van der Waals surface area contributed by atoms with E-state index in [9.17, 15) is 0 Å². The highest BCUT2D eigenvalue weighted by atomic mass is 35.5. The van der Waals surface area contributed by atoms with Gasteiger partial charge in [0.2, 0.25) is 0 Å². The monoisotopic (exact) mass is 236 g/mol. The lowest BCUT2D eigenvalue weighted by Crippen LogP contribution is -2.08. The molecule has 0 fully saturated rings. The predicted molar refractivity (Wildman–Crippen MR) is 65.8 cm³/mol. The van der Waals surface area contributed by atoms with Gasteiger partial charge in [-0.05, 0) is 12.1 Å². The van der Waals surface area contributed by atoms with Gasteiger partial charge in [-0.1, -0.05) is 12.1 Å². The minimum absolute atomic E-state index is 0.359. The molecule has 0 saturated heterocycles. The normalized spacial score (nSPS) is 10.4. The number of halogens is 1. The van der Waals surface area contributed by atoms with Crippen LogP contribution in [-0.2, 0) is 5.88 Å². The summed E-state index contributed by atoms with van der Waals surface area (Å²) in [5.41, 5.74) is 2.89. The van der Waals surface area contributed by atoms with Crippen molar-refractivity contribution >= 4 is 17.3 Å². The highest BCUT2D eigenvalue weighted by Crippen LogP contribution is 2.27. The van der Waals surface area contributed by atoms with Crippen molar-refractivity contribution in [2.75, 3.05) is 19.0 Å². The van der Waals surface area contributed by atoms with Crippen LogP contribution in [0.1, 0.15) is 5.69 Å². The van der Waals surface area contributed by atoms with Crippen LogP contribution in [0.2, 0.25) is 0 Å². The zero-order valence-electron chi connectivity index (χ0n) is 9.27. The van der Waals surface area contributed by atoms with E-state index in [0.717, 1.165) is 22.7 Å². The van der Waals surface area contributed by atoms with Crippen molar-refractivity contribution in [1.82, 2.24) is 4.98 Å². The van der Waals surface area contributed by atoms with Gasteiger partial charge in [0.1, 0.15) is 5.69 Å². The molecular weight excluding hydrogens is 224 g/mol. The molecule has 2 rings (SSSR count). The second-order valence-electron chi connectivity index (χ2n) is 3.71. The minimum atomic E-state index is 0.359. The molecule has 0 bridgehead atoms. The summed E-state index contributed by atoms with van der Waals surface area (Å²) in [6.45, 7) is 0. The third-order valence-electron chi connectivity index (χ3n) is 2.39. The Kier molecular flexibility index (Phi) is 3.15. The van der Waals surface area contributed by atoms with Crippen molar-refractivity contribution in [2.45, 2.75) is 5.88 Å². The lowest BCUT2D eigenvalue weighted by Gasteiger charge is -2.12. The Balaban J connectivity index is 2.44. The summed E-state index contributed by atoms with van der Waals surface area (Å²) >= 11 is 5.79. The zero-order valence-corrected chi connectivity index (χ0v) is 10.0. The molecule has 0 unspecified atom stereocenters. The van der Waals surface area contributed by atoms with Gasteiger partial charge in [0, 0.05) is 25.3 Å². The first-order valence-corrected chi connectivity index (χ1v) is 5.52. The molecule has 2 aromatic rings. The highest BCUT2D eigenvalue weighted by Gasteiger charge is 2.10. The van der Waals surface area contributed by atoms with Crippen LogP contribution in [0.15, 0.2) is 35.1 Å². The van der Waals surface area contributed by atoms with Crippen LogP contribution in [0.5, 0.6) is 0 Å². The summed E-state index contributed by atoms with van der Waals surface area (Å²) in [5.74, 6) is 1.11. The van der Waals surface area contributed by atoms with Crippen molar-refractivity contribution in [1.29, 1.82) is 0 Å². The molecule has 0 radical (unpaired) electrons. The van der Waals surface area contributed by atoms with Crippen LogP contribution < -0.4 is 4.90 Å². The minimum Gasteiger partial charge on any atom is -0.443 e. The number of hydrogen-bond donors (Lipinski definition) is 0. The SMILES string of the molecule is CN(C)c1cccc(-c2ocnc2CCl)c1. The van der Waals surface area contributed by atoms with Crippen LogP contribution in [0.4, 0.5) is 5.69 Å². The molecule has 1 heterocycles. The molecule has 1 aromatic carbocycles. The van der Waals surface area contributed by atoms with Crippen LogP contribution in [0, 0.1) is 0 Å². The maximum Gasteiger partial charge on any atom is 0.181 e. The summed E-state index contributed by atoms with van der Waals surface area (Å²) in [6, 6.07) is 8.07. The smallest absolute Gasteiger partial charge is 0.181 e. The number of rotatable bonds is 3. The van der Waals surface area contributed by atoms with E-state index in [1.807, 2.05) is 37.2 Å². The lowest BCUT2D eigenvalue weighted by molar-refractivity contribution is 0.571. The molecule has 0 amide bonds. The molecule has 0 aliphatic heterocycles. The van der Waals surface area contributed by atoms with Gasteiger partial charge in [-0.15, -0.1) is 11.6 Å². The molecule has 0 aliphatic rings. The molecule has 4 heteroatoms. The topological polar surface area (TPSA) is 29.3 Å². The Morgan fingerprint density at radius 3 is 2.88 bits per heavy atom. The molecular formula is C12H13ClN2O. The fourth-order valence-corrected chi connectivity index (χ4v) is 1.71. The number of oxazole rings is 1. The second-order valence-corrected chi connectivity index (χ2v) is 3.97. The molecule has 84 valence electrons. The molecule has 0 atom stereocenters. The number of alkyl halides is 1. The summed E-state index contributed by atoms with van der Waals surface area (Å²) in [6.07, 6.45) is 1.43. The van der Waals surface area contributed by atoms with E-state index in [1.54, 1.807) is 0 Å². The number of nitrogens with zero attached hydrogens (tertiary/aromatic N) is 2. The van der Waals surface area contributed by atoms with Gasteiger partial charge < -0.3 is 9.32 Å². The Labute approximate surface area is 99.7 Å². The standard InChI is InChI=1S/C12H13ClN2O/c1-15(2)10-5-3-4-9(6-10)12-11(7-13)14-8-16-12/h3-6,8H,7H2,1-2H3. The maximum atomic E-state index is 5.79. The lowest BCUT2D eigenvalue weighted by atomic mass is 10.1. The number of aromatic nitrogens is 1. The van der Waals surface area contributed by atoms with Gasteiger partial charge in [0.15, 0.2) is 12.2 Å². The van der Waals surface area contributed by atoms with Crippen LogP contribution in [0.3, 0.4) is 0 Å². The fourth-order valence-electron chi connectivity index (χ4n) is 1.52. The van der Waals surface area contributed by atoms with Crippen molar-refractivity contribution in [3.05, 3.63) is 36.4 Å². The predicted octanol–water partition coefficient (Wildman–Crippen LogP) is 3.15. The quantitative estimate of drug-likeness (QED) is 0.767. The Morgan fingerprint density at radius 1 is 1.38 bits per heavy atom. The van der Waals surface area contributed by atoms with Crippen molar-refractivity contribution in [3.63, 3.8) is 0 Å². The maximum absolute atomic E-state index is 5.79. The number of hydrogen-bond acceptors (Lipinski definition) is 3. The van der Waals surface area contributed by atoms with Crippen molar-refractivity contribution in [3.8, 4) is 11.3 Å². The molecule has 16 heavy (non-hydrogen) atoms. The van der Waals surface area contributed by atoms with Crippen LogP contribution >= 0.6 is 11.6 Å². The molecule has 1 aromatic heterocycles. The molecule has 0 spiro atoms. The fraction of sp³-hybridized carbons (Fsp3) is 0.250. The van der Waals surface area contributed by atoms with Gasteiger partial charge in [-0.25, -0.2) is 4.98 Å².